The van der Waals surface area contributed by atoms with E-state index < -0.39 is 11.5 Å². The summed E-state index contributed by atoms with van der Waals surface area (Å²) < 4.78 is 0.901. The second kappa shape index (κ2) is 5.04. The fourth-order valence-electron chi connectivity index (χ4n) is 3.17. The van der Waals surface area contributed by atoms with Crippen molar-refractivity contribution < 1.29 is 9.90 Å². The standard InChI is InChI=1S/C15H19BrN2O2/c1-10-8-15(14(19)20,9-18(10)11-6-7-11)17-13-5-3-2-4-12(13)16/h2-5,10-11,17H,6-9H2,1H3,(H,19,20). The van der Waals surface area contributed by atoms with Gasteiger partial charge in [-0.05, 0) is 54.2 Å². The number of rotatable bonds is 4. The second-order valence-corrected chi connectivity index (χ2v) is 6.80. The fraction of sp³-hybridized carbons (Fsp3) is 0.533. The maximum absolute atomic E-state index is 11.9. The van der Waals surface area contributed by atoms with Crippen molar-refractivity contribution in [1.82, 2.24) is 4.90 Å². The van der Waals surface area contributed by atoms with E-state index in [0.717, 1.165) is 10.2 Å². The minimum atomic E-state index is -0.883. The SMILES string of the molecule is CC1CC(Nc2ccccc2Br)(C(=O)O)CN1C1CC1. The molecule has 2 atom stereocenters. The first-order chi connectivity index (χ1) is 9.52. The van der Waals surface area contributed by atoms with Crippen LogP contribution in [0.4, 0.5) is 5.69 Å². The fourth-order valence-corrected chi connectivity index (χ4v) is 3.55. The van der Waals surface area contributed by atoms with Gasteiger partial charge in [-0.25, -0.2) is 4.79 Å². The molecule has 2 N–H and O–H groups in total. The topological polar surface area (TPSA) is 52.6 Å². The van der Waals surface area contributed by atoms with E-state index in [1.54, 1.807) is 0 Å². The van der Waals surface area contributed by atoms with Crippen LogP contribution < -0.4 is 5.32 Å². The molecule has 1 saturated carbocycles. The first-order valence-corrected chi connectivity index (χ1v) is 7.83. The van der Waals surface area contributed by atoms with Crippen LogP contribution in [0, 0.1) is 0 Å². The first kappa shape index (κ1) is 13.9. The summed E-state index contributed by atoms with van der Waals surface area (Å²) >= 11 is 3.48. The van der Waals surface area contributed by atoms with E-state index in [1.165, 1.54) is 12.8 Å². The average molecular weight is 339 g/mol. The van der Waals surface area contributed by atoms with Crippen molar-refractivity contribution in [2.45, 2.75) is 43.8 Å². The number of nitrogens with one attached hydrogen (secondary N) is 1. The van der Waals surface area contributed by atoms with Crippen molar-refractivity contribution in [1.29, 1.82) is 0 Å². The lowest BCUT2D eigenvalue weighted by Gasteiger charge is -2.28. The molecule has 0 spiro atoms. The molecule has 0 bridgehead atoms. The number of anilines is 1. The van der Waals surface area contributed by atoms with Crippen LogP contribution in [-0.4, -0.2) is 40.1 Å². The summed E-state index contributed by atoms with van der Waals surface area (Å²) in [4.78, 5) is 14.2. The molecule has 2 unspecified atom stereocenters. The van der Waals surface area contributed by atoms with Crippen LogP contribution >= 0.6 is 15.9 Å². The molecule has 0 aromatic heterocycles. The van der Waals surface area contributed by atoms with Crippen LogP contribution in [0.5, 0.6) is 0 Å². The number of hydrogen-bond acceptors (Lipinski definition) is 3. The van der Waals surface area contributed by atoms with Crippen LogP contribution in [0.15, 0.2) is 28.7 Å². The summed E-state index contributed by atoms with van der Waals surface area (Å²) in [5.74, 6) is -0.761. The average Bonchev–Trinajstić information content (AvgIpc) is 3.17. The van der Waals surface area contributed by atoms with Gasteiger partial charge >= 0.3 is 5.97 Å². The molecule has 20 heavy (non-hydrogen) atoms. The Balaban J connectivity index is 1.86. The molecular formula is C15H19BrN2O2. The van der Waals surface area contributed by atoms with Gasteiger partial charge < -0.3 is 10.4 Å². The van der Waals surface area contributed by atoms with E-state index in [1.807, 2.05) is 24.3 Å². The van der Waals surface area contributed by atoms with Crippen LogP contribution in [0.2, 0.25) is 0 Å². The molecule has 1 aromatic carbocycles. The minimum Gasteiger partial charge on any atom is -0.479 e. The van der Waals surface area contributed by atoms with Gasteiger partial charge in [0.15, 0.2) is 0 Å². The predicted octanol–water partition coefficient (Wildman–Crippen LogP) is 2.94. The number of carboxylic acids is 1. The summed E-state index contributed by atoms with van der Waals surface area (Å²) in [5.41, 5.74) is -0.0361. The second-order valence-electron chi connectivity index (χ2n) is 5.95. The normalized spacial score (nSPS) is 30.4. The van der Waals surface area contributed by atoms with Gasteiger partial charge in [-0.15, -0.1) is 0 Å². The molecule has 1 saturated heterocycles. The molecule has 2 fully saturated rings. The van der Waals surface area contributed by atoms with Gasteiger partial charge in [0.2, 0.25) is 0 Å². The number of likely N-dealkylation sites (tertiary alicyclic amines) is 1. The van der Waals surface area contributed by atoms with Gasteiger partial charge in [0.1, 0.15) is 5.54 Å². The molecule has 4 nitrogen and oxygen atoms in total. The molecular weight excluding hydrogens is 320 g/mol. The van der Waals surface area contributed by atoms with E-state index in [2.05, 4.69) is 33.1 Å². The van der Waals surface area contributed by atoms with Crippen LogP contribution in [0.3, 0.4) is 0 Å². The predicted molar refractivity (Wildman–Crippen MR) is 81.9 cm³/mol. The summed E-state index contributed by atoms with van der Waals surface area (Å²) in [7, 11) is 0. The molecule has 2 aliphatic rings. The van der Waals surface area contributed by atoms with Crippen molar-refractivity contribution in [3.8, 4) is 0 Å². The van der Waals surface area contributed by atoms with Crippen molar-refractivity contribution >= 4 is 27.6 Å². The smallest absolute Gasteiger partial charge is 0.330 e. The molecule has 1 aromatic rings. The van der Waals surface area contributed by atoms with Gasteiger partial charge in [-0.1, -0.05) is 12.1 Å². The van der Waals surface area contributed by atoms with Crippen molar-refractivity contribution in [3.05, 3.63) is 28.7 Å². The van der Waals surface area contributed by atoms with E-state index in [-0.39, 0.29) is 0 Å². The molecule has 0 amide bonds. The Morgan fingerprint density at radius 2 is 2.15 bits per heavy atom. The largest absolute Gasteiger partial charge is 0.479 e. The van der Waals surface area contributed by atoms with E-state index >= 15 is 0 Å². The lowest BCUT2D eigenvalue weighted by molar-refractivity contribution is -0.141. The number of hydrogen-bond donors (Lipinski definition) is 2. The number of halogens is 1. The number of carbonyl (C=O) groups is 1. The highest BCUT2D eigenvalue weighted by molar-refractivity contribution is 9.10. The van der Waals surface area contributed by atoms with Crippen molar-refractivity contribution in [2.75, 3.05) is 11.9 Å². The number of nitrogens with zero attached hydrogens (tertiary/aromatic N) is 1. The van der Waals surface area contributed by atoms with Gasteiger partial charge in [0.05, 0.1) is 0 Å². The highest BCUT2D eigenvalue weighted by atomic mass is 79.9. The third kappa shape index (κ3) is 2.44. The Labute approximate surface area is 127 Å². The summed E-state index contributed by atoms with van der Waals surface area (Å²) in [5, 5.41) is 13.0. The Bertz CT molecular complexity index is 532. The van der Waals surface area contributed by atoms with E-state index in [4.69, 9.17) is 0 Å². The quantitative estimate of drug-likeness (QED) is 0.886. The highest BCUT2D eigenvalue weighted by Crippen LogP contribution is 2.39. The first-order valence-electron chi connectivity index (χ1n) is 7.04. The number of para-hydroxylation sites is 1. The van der Waals surface area contributed by atoms with Crippen LogP contribution in [-0.2, 0) is 4.79 Å². The Kier molecular flexibility index (Phi) is 3.50. The third-order valence-electron chi connectivity index (χ3n) is 4.34. The number of benzene rings is 1. The van der Waals surface area contributed by atoms with Gasteiger partial charge in [0, 0.05) is 28.8 Å². The lowest BCUT2D eigenvalue weighted by atomic mass is 9.96. The maximum atomic E-state index is 11.9. The summed E-state index contributed by atoms with van der Waals surface area (Å²) in [6.45, 7) is 2.71. The van der Waals surface area contributed by atoms with Gasteiger partial charge in [0.25, 0.3) is 0 Å². The van der Waals surface area contributed by atoms with Gasteiger partial charge in [-0.3, -0.25) is 4.90 Å². The van der Waals surface area contributed by atoms with E-state index in [9.17, 15) is 9.90 Å². The van der Waals surface area contributed by atoms with Crippen molar-refractivity contribution in [2.24, 2.45) is 0 Å². The molecule has 1 heterocycles. The molecule has 3 rings (SSSR count). The zero-order valence-corrected chi connectivity index (χ0v) is 13.1. The Morgan fingerprint density at radius 3 is 2.75 bits per heavy atom. The highest BCUT2D eigenvalue weighted by Gasteiger charge is 2.51. The van der Waals surface area contributed by atoms with Gasteiger partial charge in [-0.2, -0.15) is 0 Å². The molecule has 5 heteroatoms. The summed E-state index contributed by atoms with van der Waals surface area (Å²) in [6.07, 6.45) is 3.05. The zero-order chi connectivity index (χ0) is 14.3. The van der Waals surface area contributed by atoms with E-state index in [0.29, 0.717) is 25.0 Å². The molecule has 1 aliphatic heterocycles. The lowest BCUT2D eigenvalue weighted by Crippen LogP contribution is -2.49. The minimum absolute atomic E-state index is 0.314. The molecule has 1 aliphatic carbocycles. The monoisotopic (exact) mass is 338 g/mol. The zero-order valence-electron chi connectivity index (χ0n) is 11.5. The molecule has 0 radical (unpaired) electrons. The molecule has 108 valence electrons. The van der Waals surface area contributed by atoms with Crippen LogP contribution in [0.25, 0.3) is 0 Å². The number of aliphatic carboxylic acids is 1. The Hall–Kier alpha value is -1.07. The Morgan fingerprint density at radius 1 is 1.45 bits per heavy atom. The third-order valence-corrected chi connectivity index (χ3v) is 5.03. The number of carboxylic acid groups (broad SMARTS) is 1. The summed E-state index contributed by atoms with van der Waals surface area (Å²) in [6, 6.07) is 8.59. The maximum Gasteiger partial charge on any atom is 0.330 e. The van der Waals surface area contributed by atoms with Crippen molar-refractivity contribution in [3.63, 3.8) is 0 Å². The van der Waals surface area contributed by atoms with Crippen LogP contribution in [0.1, 0.15) is 26.2 Å².